The Morgan fingerprint density at radius 2 is 2.25 bits per heavy atom. The Balaban J connectivity index is 2.60. The van der Waals surface area contributed by atoms with E-state index in [0.717, 1.165) is 19.3 Å². The Hall–Kier alpha value is -1.52. The van der Waals surface area contributed by atoms with Gasteiger partial charge in [0, 0.05) is 0 Å². The topological polar surface area (TPSA) is 75.6 Å². The Morgan fingerprint density at radius 3 is 2.62 bits per heavy atom. The molecule has 1 saturated carbocycles. The first kappa shape index (κ1) is 12.5. The van der Waals surface area contributed by atoms with Gasteiger partial charge in [0.05, 0.1) is 0 Å². The van der Waals surface area contributed by atoms with Crippen molar-refractivity contribution in [3.8, 4) is 0 Å². The van der Waals surface area contributed by atoms with Crippen LogP contribution < -0.4 is 5.32 Å². The maximum atomic E-state index is 11.3. The number of carbonyl (C=O) groups excluding carboxylic acids is 1. The van der Waals surface area contributed by atoms with Crippen LogP contribution in [0.2, 0.25) is 0 Å². The number of ether oxygens (including phenoxy) is 1. The summed E-state index contributed by atoms with van der Waals surface area (Å²) < 4.78 is 4.72. The smallest absolute Gasteiger partial charge is 0.408 e. The van der Waals surface area contributed by atoms with Gasteiger partial charge in [0.15, 0.2) is 0 Å². The normalized spacial score (nSPS) is 19.1. The third-order valence-electron chi connectivity index (χ3n) is 3.06. The maximum absolute atomic E-state index is 11.3. The Bertz CT molecular complexity index is 298. The lowest BCUT2D eigenvalue weighted by atomic mass is 9.71. The largest absolute Gasteiger partial charge is 0.480 e. The summed E-state index contributed by atoms with van der Waals surface area (Å²) in [4.78, 5) is 22.5. The van der Waals surface area contributed by atoms with Crippen molar-refractivity contribution >= 4 is 12.1 Å². The summed E-state index contributed by atoms with van der Waals surface area (Å²) in [5, 5.41) is 11.6. The minimum atomic E-state index is -1.23. The lowest BCUT2D eigenvalue weighted by Gasteiger charge is -2.39. The molecule has 1 aliphatic rings. The molecule has 1 atom stereocenters. The van der Waals surface area contributed by atoms with E-state index in [-0.39, 0.29) is 12.5 Å². The van der Waals surface area contributed by atoms with Gasteiger partial charge >= 0.3 is 12.1 Å². The van der Waals surface area contributed by atoms with E-state index >= 15 is 0 Å². The van der Waals surface area contributed by atoms with Crippen LogP contribution in [0.1, 0.15) is 26.2 Å². The lowest BCUT2D eigenvalue weighted by Crippen LogP contribution is -2.59. The predicted octanol–water partition coefficient (Wildman–Crippen LogP) is 1.54. The van der Waals surface area contributed by atoms with Crippen LogP contribution in [0, 0.1) is 5.92 Å². The molecule has 5 nitrogen and oxygen atoms in total. The van der Waals surface area contributed by atoms with E-state index in [0.29, 0.717) is 0 Å². The molecule has 1 unspecified atom stereocenters. The van der Waals surface area contributed by atoms with Gasteiger partial charge in [-0.05, 0) is 25.7 Å². The Labute approximate surface area is 94.5 Å². The minimum Gasteiger partial charge on any atom is -0.480 e. The summed E-state index contributed by atoms with van der Waals surface area (Å²) in [5.41, 5.74) is -1.23. The van der Waals surface area contributed by atoms with Crippen LogP contribution in [0.3, 0.4) is 0 Å². The number of rotatable bonds is 5. The molecule has 0 aromatic rings. The van der Waals surface area contributed by atoms with Crippen molar-refractivity contribution < 1.29 is 19.4 Å². The molecule has 0 aromatic carbocycles. The van der Waals surface area contributed by atoms with Gasteiger partial charge in [0.2, 0.25) is 0 Å². The predicted molar refractivity (Wildman–Crippen MR) is 58.1 cm³/mol. The second-order valence-electron chi connectivity index (χ2n) is 4.15. The van der Waals surface area contributed by atoms with Crippen LogP contribution in [0.25, 0.3) is 0 Å². The number of nitrogens with one attached hydrogen (secondary N) is 1. The fourth-order valence-corrected chi connectivity index (χ4v) is 1.70. The third-order valence-corrected chi connectivity index (χ3v) is 3.06. The van der Waals surface area contributed by atoms with Crippen molar-refractivity contribution in [3.63, 3.8) is 0 Å². The molecular weight excluding hydrogens is 210 g/mol. The highest BCUT2D eigenvalue weighted by atomic mass is 16.5. The lowest BCUT2D eigenvalue weighted by molar-refractivity contribution is -0.147. The first-order chi connectivity index (χ1) is 7.50. The molecular formula is C11H17NO4. The first-order valence-electron chi connectivity index (χ1n) is 5.30. The number of carboxylic acids is 1. The van der Waals surface area contributed by atoms with Gasteiger partial charge in [-0.2, -0.15) is 0 Å². The van der Waals surface area contributed by atoms with E-state index in [1.54, 1.807) is 0 Å². The van der Waals surface area contributed by atoms with Crippen molar-refractivity contribution in [2.24, 2.45) is 5.92 Å². The van der Waals surface area contributed by atoms with Gasteiger partial charge < -0.3 is 15.2 Å². The van der Waals surface area contributed by atoms with E-state index in [2.05, 4.69) is 11.9 Å². The van der Waals surface area contributed by atoms with Gasteiger partial charge in [-0.3, -0.25) is 0 Å². The van der Waals surface area contributed by atoms with Gasteiger partial charge in [-0.25, -0.2) is 9.59 Å². The van der Waals surface area contributed by atoms with Gasteiger partial charge in [-0.15, -0.1) is 0 Å². The highest BCUT2D eigenvalue weighted by Crippen LogP contribution is 2.36. The Morgan fingerprint density at radius 1 is 1.62 bits per heavy atom. The molecule has 0 aliphatic heterocycles. The molecule has 5 heteroatoms. The van der Waals surface area contributed by atoms with E-state index < -0.39 is 17.6 Å². The number of carbonyl (C=O) groups is 2. The standard InChI is InChI=1S/C11H17NO4/c1-3-7-16-10(15)12-11(2,9(13)14)8-5-4-6-8/h3,8H,1,4-7H2,2H3,(H,12,15)(H,13,14). The fourth-order valence-electron chi connectivity index (χ4n) is 1.70. The monoisotopic (exact) mass is 227 g/mol. The van der Waals surface area contributed by atoms with Crippen LogP contribution in [0.15, 0.2) is 12.7 Å². The van der Waals surface area contributed by atoms with E-state index in [4.69, 9.17) is 9.84 Å². The molecule has 90 valence electrons. The Kier molecular flexibility index (Phi) is 3.93. The summed E-state index contributed by atoms with van der Waals surface area (Å²) in [6, 6.07) is 0. The van der Waals surface area contributed by atoms with Crippen LogP contribution in [0.5, 0.6) is 0 Å². The second kappa shape index (κ2) is 5.01. The molecule has 0 spiro atoms. The van der Waals surface area contributed by atoms with E-state index in [1.807, 2.05) is 0 Å². The number of aliphatic carboxylic acids is 1. The van der Waals surface area contributed by atoms with Crippen molar-refractivity contribution in [2.75, 3.05) is 6.61 Å². The van der Waals surface area contributed by atoms with Crippen molar-refractivity contribution in [1.29, 1.82) is 0 Å². The molecule has 16 heavy (non-hydrogen) atoms. The second-order valence-corrected chi connectivity index (χ2v) is 4.15. The van der Waals surface area contributed by atoms with Crippen molar-refractivity contribution in [2.45, 2.75) is 31.7 Å². The SMILES string of the molecule is C=CCOC(=O)NC(C)(C(=O)O)C1CCC1. The molecule has 0 radical (unpaired) electrons. The zero-order chi connectivity index (χ0) is 12.2. The minimum absolute atomic E-state index is 0.0127. The summed E-state index contributed by atoms with van der Waals surface area (Å²) >= 11 is 0. The number of hydrogen-bond acceptors (Lipinski definition) is 3. The van der Waals surface area contributed by atoms with Gasteiger partial charge in [0.1, 0.15) is 12.1 Å². The van der Waals surface area contributed by atoms with Crippen LogP contribution in [0.4, 0.5) is 4.79 Å². The van der Waals surface area contributed by atoms with Crippen LogP contribution in [-0.4, -0.2) is 29.3 Å². The zero-order valence-corrected chi connectivity index (χ0v) is 9.36. The molecule has 1 amide bonds. The zero-order valence-electron chi connectivity index (χ0n) is 9.36. The van der Waals surface area contributed by atoms with Gasteiger partial charge in [0.25, 0.3) is 0 Å². The molecule has 0 aromatic heterocycles. The highest BCUT2D eigenvalue weighted by Gasteiger charge is 2.45. The number of carboxylic acid groups (broad SMARTS) is 1. The van der Waals surface area contributed by atoms with Gasteiger partial charge in [-0.1, -0.05) is 19.1 Å². The molecule has 2 N–H and O–H groups in total. The number of amides is 1. The molecule has 0 heterocycles. The van der Waals surface area contributed by atoms with E-state index in [9.17, 15) is 9.59 Å². The maximum Gasteiger partial charge on any atom is 0.408 e. The number of alkyl carbamates (subject to hydrolysis) is 1. The summed E-state index contributed by atoms with van der Waals surface area (Å²) in [6.45, 7) is 5.00. The molecule has 0 saturated heterocycles. The average molecular weight is 227 g/mol. The third kappa shape index (κ3) is 2.53. The molecule has 1 fully saturated rings. The quantitative estimate of drug-likeness (QED) is 0.698. The number of hydrogen-bond donors (Lipinski definition) is 2. The summed E-state index contributed by atoms with van der Waals surface area (Å²) in [5.74, 6) is -1.03. The molecule has 1 rings (SSSR count). The molecule has 1 aliphatic carbocycles. The van der Waals surface area contributed by atoms with Crippen molar-refractivity contribution in [1.82, 2.24) is 5.32 Å². The average Bonchev–Trinajstić information content (AvgIpc) is 2.11. The van der Waals surface area contributed by atoms with Crippen LogP contribution in [-0.2, 0) is 9.53 Å². The highest BCUT2D eigenvalue weighted by molar-refractivity contribution is 5.84. The molecule has 0 bridgehead atoms. The summed E-state index contributed by atoms with van der Waals surface area (Å²) in [7, 11) is 0. The van der Waals surface area contributed by atoms with Crippen LogP contribution >= 0.6 is 0 Å². The van der Waals surface area contributed by atoms with E-state index in [1.165, 1.54) is 13.0 Å². The summed E-state index contributed by atoms with van der Waals surface area (Å²) in [6.07, 6.45) is 3.38. The fraction of sp³-hybridized carbons (Fsp3) is 0.636. The first-order valence-corrected chi connectivity index (χ1v) is 5.30. The van der Waals surface area contributed by atoms with Crippen molar-refractivity contribution in [3.05, 3.63) is 12.7 Å².